The Morgan fingerprint density at radius 3 is 2.82 bits per heavy atom. The molecule has 0 saturated carbocycles. The molecule has 0 atom stereocenters. The molecule has 0 bridgehead atoms. The van der Waals surface area contributed by atoms with Gasteiger partial charge in [0.2, 0.25) is 16.0 Å². The predicted molar refractivity (Wildman–Crippen MR) is 70.4 cm³/mol. The van der Waals surface area contributed by atoms with Crippen molar-refractivity contribution in [1.82, 2.24) is 9.97 Å². The summed E-state index contributed by atoms with van der Waals surface area (Å²) in [6.45, 7) is 0.467. The number of nitrogens with one attached hydrogen (secondary N) is 2. The van der Waals surface area contributed by atoms with Crippen molar-refractivity contribution in [3.05, 3.63) is 10.7 Å². The number of hydrogen-bond donors (Lipinski definition) is 3. The summed E-state index contributed by atoms with van der Waals surface area (Å²) in [4.78, 5) is 8.16. The molecule has 0 spiro atoms. The summed E-state index contributed by atoms with van der Waals surface area (Å²) >= 11 is 3.29. The van der Waals surface area contributed by atoms with Crippen LogP contribution in [0.4, 0.5) is 11.8 Å². The van der Waals surface area contributed by atoms with Crippen LogP contribution in [0.25, 0.3) is 0 Å². The highest BCUT2D eigenvalue weighted by atomic mass is 79.9. The SMILES string of the molecule is CNc1ncc(Br)c(NCCCS(N)(=O)=O)n1. The van der Waals surface area contributed by atoms with E-state index < -0.39 is 10.0 Å². The number of nitrogens with zero attached hydrogens (tertiary/aromatic N) is 2. The van der Waals surface area contributed by atoms with E-state index in [1.54, 1.807) is 13.2 Å². The molecular formula is C8H14BrN5O2S. The maximum Gasteiger partial charge on any atom is 0.224 e. The highest BCUT2D eigenvalue weighted by molar-refractivity contribution is 9.10. The Kier molecular flexibility index (Phi) is 5.09. The Hall–Kier alpha value is -0.930. The second-order valence-electron chi connectivity index (χ2n) is 3.29. The van der Waals surface area contributed by atoms with Crippen LogP contribution in [0.5, 0.6) is 0 Å². The highest BCUT2D eigenvalue weighted by Crippen LogP contribution is 2.19. The van der Waals surface area contributed by atoms with Gasteiger partial charge in [-0.25, -0.2) is 18.5 Å². The van der Waals surface area contributed by atoms with E-state index in [2.05, 4.69) is 36.5 Å². The van der Waals surface area contributed by atoms with E-state index in [0.29, 0.717) is 29.2 Å². The summed E-state index contributed by atoms with van der Waals surface area (Å²) < 4.78 is 22.1. The van der Waals surface area contributed by atoms with Gasteiger partial charge in [0, 0.05) is 19.8 Å². The lowest BCUT2D eigenvalue weighted by atomic mass is 10.4. The van der Waals surface area contributed by atoms with Crippen molar-refractivity contribution in [2.24, 2.45) is 5.14 Å². The third-order valence-corrected chi connectivity index (χ3v) is 3.30. The second kappa shape index (κ2) is 6.12. The number of halogens is 1. The molecule has 1 rings (SSSR count). The van der Waals surface area contributed by atoms with Crippen LogP contribution in [0.1, 0.15) is 6.42 Å². The third-order valence-electron chi connectivity index (χ3n) is 1.87. The summed E-state index contributed by atoms with van der Waals surface area (Å²) in [6, 6.07) is 0. The van der Waals surface area contributed by atoms with Crippen molar-refractivity contribution in [2.45, 2.75) is 6.42 Å². The summed E-state index contributed by atoms with van der Waals surface area (Å²) in [5.74, 6) is 1.04. The zero-order valence-corrected chi connectivity index (χ0v) is 11.7. The van der Waals surface area contributed by atoms with Crippen LogP contribution in [0, 0.1) is 0 Å². The number of nitrogens with two attached hydrogens (primary N) is 1. The first-order valence-electron chi connectivity index (χ1n) is 4.87. The van der Waals surface area contributed by atoms with Gasteiger partial charge in [0.05, 0.1) is 10.2 Å². The summed E-state index contributed by atoms with van der Waals surface area (Å²) in [5, 5.41) is 10.7. The zero-order valence-electron chi connectivity index (χ0n) is 9.27. The van der Waals surface area contributed by atoms with Crippen molar-refractivity contribution < 1.29 is 8.42 Å². The summed E-state index contributed by atoms with van der Waals surface area (Å²) in [6.07, 6.45) is 2.03. The van der Waals surface area contributed by atoms with Gasteiger partial charge < -0.3 is 10.6 Å². The minimum atomic E-state index is -3.40. The molecule has 96 valence electrons. The first kappa shape index (κ1) is 14.1. The van der Waals surface area contributed by atoms with E-state index in [9.17, 15) is 8.42 Å². The molecule has 1 heterocycles. The minimum absolute atomic E-state index is 0.0540. The molecule has 0 radical (unpaired) electrons. The van der Waals surface area contributed by atoms with Crippen LogP contribution in [-0.4, -0.2) is 37.7 Å². The maximum atomic E-state index is 10.7. The number of primary sulfonamides is 1. The molecule has 0 fully saturated rings. The molecule has 9 heteroatoms. The highest BCUT2D eigenvalue weighted by Gasteiger charge is 2.05. The summed E-state index contributed by atoms with van der Waals surface area (Å²) in [5.41, 5.74) is 0. The molecule has 7 nitrogen and oxygen atoms in total. The van der Waals surface area contributed by atoms with Gasteiger partial charge in [-0.15, -0.1) is 0 Å². The quantitative estimate of drug-likeness (QED) is 0.652. The molecule has 1 aromatic heterocycles. The van der Waals surface area contributed by atoms with E-state index in [0.717, 1.165) is 0 Å². The largest absolute Gasteiger partial charge is 0.369 e. The van der Waals surface area contributed by atoms with Gasteiger partial charge in [0.15, 0.2) is 0 Å². The molecule has 0 aromatic carbocycles. The fraction of sp³-hybridized carbons (Fsp3) is 0.500. The smallest absolute Gasteiger partial charge is 0.224 e. The lowest BCUT2D eigenvalue weighted by Crippen LogP contribution is -2.19. The van der Waals surface area contributed by atoms with Gasteiger partial charge in [-0.2, -0.15) is 4.98 Å². The fourth-order valence-electron chi connectivity index (χ4n) is 1.09. The van der Waals surface area contributed by atoms with Crippen LogP contribution in [0.2, 0.25) is 0 Å². The van der Waals surface area contributed by atoms with Crippen molar-refractivity contribution >= 4 is 37.7 Å². The molecule has 1 aromatic rings. The molecule has 0 amide bonds. The molecule has 0 aliphatic heterocycles. The van der Waals surface area contributed by atoms with Crippen LogP contribution in [0.3, 0.4) is 0 Å². The Labute approximate surface area is 108 Å². The van der Waals surface area contributed by atoms with Crippen LogP contribution in [0.15, 0.2) is 10.7 Å². The monoisotopic (exact) mass is 323 g/mol. The normalized spacial score (nSPS) is 11.2. The Balaban J connectivity index is 2.51. The molecule has 0 aliphatic carbocycles. The molecular weight excluding hydrogens is 310 g/mol. The number of rotatable bonds is 6. The van der Waals surface area contributed by atoms with Crippen molar-refractivity contribution in [1.29, 1.82) is 0 Å². The number of aromatic nitrogens is 2. The van der Waals surface area contributed by atoms with Gasteiger partial charge in [-0.1, -0.05) is 0 Å². The second-order valence-corrected chi connectivity index (χ2v) is 5.88. The van der Waals surface area contributed by atoms with E-state index in [1.807, 2.05) is 0 Å². The Bertz CT molecular complexity index is 479. The molecule has 17 heavy (non-hydrogen) atoms. The fourth-order valence-corrected chi connectivity index (χ4v) is 1.97. The molecule has 4 N–H and O–H groups in total. The van der Waals surface area contributed by atoms with Gasteiger partial charge in [0.1, 0.15) is 5.82 Å². The van der Waals surface area contributed by atoms with Crippen molar-refractivity contribution in [3.8, 4) is 0 Å². The van der Waals surface area contributed by atoms with Crippen molar-refractivity contribution in [2.75, 3.05) is 30.0 Å². The average Bonchev–Trinajstić information content (AvgIpc) is 2.25. The zero-order chi connectivity index (χ0) is 12.9. The lowest BCUT2D eigenvalue weighted by Gasteiger charge is -2.08. The van der Waals surface area contributed by atoms with Crippen molar-refractivity contribution in [3.63, 3.8) is 0 Å². The van der Waals surface area contributed by atoms with E-state index in [1.165, 1.54) is 0 Å². The first-order valence-corrected chi connectivity index (χ1v) is 7.38. The molecule has 0 unspecified atom stereocenters. The van der Waals surface area contributed by atoms with E-state index >= 15 is 0 Å². The first-order chi connectivity index (χ1) is 7.92. The minimum Gasteiger partial charge on any atom is -0.369 e. The number of sulfonamides is 1. The number of hydrogen-bond acceptors (Lipinski definition) is 6. The lowest BCUT2D eigenvalue weighted by molar-refractivity contribution is 0.595. The third kappa shape index (κ3) is 5.29. The van der Waals surface area contributed by atoms with E-state index in [-0.39, 0.29) is 5.75 Å². The molecule has 0 aliphatic rings. The van der Waals surface area contributed by atoms with Gasteiger partial charge >= 0.3 is 0 Å². The Morgan fingerprint density at radius 2 is 2.24 bits per heavy atom. The summed E-state index contributed by atoms with van der Waals surface area (Å²) in [7, 11) is -1.68. The standard InChI is InChI=1S/C8H14BrN5O2S/c1-11-8-13-5-6(9)7(14-8)12-3-2-4-17(10,15)16/h5H,2-4H2,1H3,(H2,10,15,16)(H2,11,12,13,14). The van der Waals surface area contributed by atoms with Crippen LogP contribution in [-0.2, 0) is 10.0 Å². The number of anilines is 2. The predicted octanol–water partition coefficient (Wildman–Crippen LogP) is 0.371. The van der Waals surface area contributed by atoms with Crippen LogP contribution < -0.4 is 15.8 Å². The topological polar surface area (TPSA) is 110 Å². The van der Waals surface area contributed by atoms with Gasteiger partial charge in [-0.3, -0.25) is 0 Å². The molecule has 0 saturated heterocycles. The van der Waals surface area contributed by atoms with Crippen LogP contribution >= 0.6 is 15.9 Å². The van der Waals surface area contributed by atoms with Gasteiger partial charge in [0.25, 0.3) is 0 Å². The average molecular weight is 324 g/mol. The Morgan fingerprint density at radius 1 is 1.53 bits per heavy atom. The van der Waals surface area contributed by atoms with E-state index in [4.69, 9.17) is 5.14 Å². The van der Waals surface area contributed by atoms with Gasteiger partial charge in [-0.05, 0) is 22.4 Å². The maximum absolute atomic E-state index is 10.7.